The van der Waals surface area contributed by atoms with Gasteiger partial charge in [0, 0.05) is 4.47 Å². The van der Waals surface area contributed by atoms with E-state index in [1.54, 1.807) is 18.2 Å². The Kier molecular flexibility index (Phi) is 2.77. The Balaban J connectivity index is 2.48. The fourth-order valence-electron chi connectivity index (χ4n) is 1.14. The number of nitrogens with zero attached hydrogens (tertiary/aromatic N) is 2. The smallest absolute Gasteiger partial charge is 0.388 e. The highest BCUT2D eigenvalue weighted by Gasteiger charge is 2.07. The summed E-state index contributed by atoms with van der Waals surface area (Å²) in [7, 11) is 0. The molecular weight excluding hydrogens is 270 g/mol. The molecule has 0 radical (unpaired) electrons. The third-order valence-electron chi connectivity index (χ3n) is 1.71. The molecule has 0 atom stereocenters. The number of hydrogen-bond donors (Lipinski definition) is 0. The number of halogens is 3. The molecule has 1 aromatic heterocycles. The topological polar surface area (TPSA) is 35.0 Å². The maximum atomic E-state index is 11.9. The Hall–Kier alpha value is -1.30. The van der Waals surface area contributed by atoms with E-state index in [0.717, 1.165) is 4.47 Å². The fourth-order valence-corrected chi connectivity index (χ4v) is 1.60. The van der Waals surface area contributed by atoms with E-state index in [1.807, 2.05) is 0 Å². The van der Waals surface area contributed by atoms with Crippen LogP contribution in [-0.4, -0.2) is 16.6 Å². The lowest BCUT2D eigenvalue weighted by Crippen LogP contribution is -2.04. The molecule has 0 bridgehead atoms. The van der Waals surface area contributed by atoms with Crippen molar-refractivity contribution < 1.29 is 13.5 Å². The van der Waals surface area contributed by atoms with Gasteiger partial charge in [0.05, 0.1) is 11.7 Å². The van der Waals surface area contributed by atoms with Crippen molar-refractivity contribution in [2.45, 2.75) is 6.61 Å². The lowest BCUT2D eigenvalue weighted by Gasteiger charge is -2.04. The van der Waals surface area contributed by atoms with Crippen LogP contribution in [0.4, 0.5) is 8.78 Å². The van der Waals surface area contributed by atoms with Crippen molar-refractivity contribution in [1.82, 2.24) is 9.97 Å². The van der Waals surface area contributed by atoms with Gasteiger partial charge in [-0.2, -0.15) is 8.78 Å². The summed E-state index contributed by atoms with van der Waals surface area (Å²) in [4.78, 5) is 7.85. The van der Waals surface area contributed by atoms with Crippen LogP contribution >= 0.6 is 15.9 Å². The van der Waals surface area contributed by atoms with Crippen molar-refractivity contribution in [3.05, 3.63) is 28.9 Å². The van der Waals surface area contributed by atoms with E-state index in [-0.39, 0.29) is 5.88 Å². The quantitative estimate of drug-likeness (QED) is 0.845. The first-order valence-corrected chi connectivity index (χ1v) is 4.82. The summed E-state index contributed by atoms with van der Waals surface area (Å²) in [5.74, 6) is -0.185. The Labute approximate surface area is 92.2 Å². The second kappa shape index (κ2) is 4.06. The van der Waals surface area contributed by atoms with Gasteiger partial charge in [-0.1, -0.05) is 6.07 Å². The lowest BCUT2D eigenvalue weighted by atomic mass is 10.3. The van der Waals surface area contributed by atoms with Gasteiger partial charge in [0.25, 0.3) is 0 Å². The van der Waals surface area contributed by atoms with E-state index in [1.165, 1.54) is 6.20 Å². The maximum absolute atomic E-state index is 11.9. The Bertz CT molecular complexity index is 492. The van der Waals surface area contributed by atoms with Crippen molar-refractivity contribution >= 4 is 27.0 Å². The number of para-hydroxylation sites is 1. The zero-order valence-electron chi connectivity index (χ0n) is 7.32. The zero-order chi connectivity index (χ0) is 10.8. The average molecular weight is 275 g/mol. The van der Waals surface area contributed by atoms with Gasteiger partial charge in [-0.3, -0.25) is 0 Å². The van der Waals surface area contributed by atoms with E-state index in [4.69, 9.17) is 0 Å². The SMILES string of the molecule is FC(F)Oc1cnc2c(Br)cccc2n1. The third kappa shape index (κ3) is 2.20. The van der Waals surface area contributed by atoms with Gasteiger partial charge >= 0.3 is 6.61 Å². The van der Waals surface area contributed by atoms with E-state index in [9.17, 15) is 8.78 Å². The van der Waals surface area contributed by atoms with E-state index in [0.29, 0.717) is 11.0 Å². The van der Waals surface area contributed by atoms with Crippen LogP contribution in [-0.2, 0) is 0 Å². The molecule has 0 fully saturated rings. The van der Waals surface area contributed by atoms with E-state index < -0.39 is 6.61 Å². The first-order valence-electron chi connectivity index (χ1n) is 4.03. The van der Waals surface area contributed by atoms with Gasteiger partial charge in [0.1, 0.15) is 5.52 Å². The second-order valence-corrected chi connectivity index (χ2v) is 3.55. The minimum atomic E-state index is -2.89. The standard InChI is InChI=1S/C9H5BrF2N2O/c10-5-2-1-3-6-8(5)13-4-7(14-6)15-9(11)12/h1-4,9H. The molecule has 0 saturated carbocycles. The van der Waals surface area contributed by atoms with Crippen LogP contribution in [0.2, 0.25) is 0 Å². The molecule has 1 aromatic carbocycles. The van der Waals surface area contributed by atoms with Gasteiger partial charge in [-0.05, 0) is 28.1 Å². The van der Waals surface area contributed by atoms with Crippen LogP contribution in [0.15, 0.2) is 28.9 Å². The Morgan fingerprint density at radius 1 is 1.33 bits per heavy atom. The van der Waals surface area contributed by atoms with Gasteiger partial charge in [0.2, 0.25) is 5.88 Å². The number of hydrogen-bond acceptors (Lipinski definition) is 3. The lowest BCUT2D eigenvalue weighted by molar-refractivity contribution is -0.0528. The summed E-state index contributed by atoms with van der Waals surface area (Å²) in [5, 5.41) is 0. The monoisotopic (exact) mass is 274 g/mol. The van der Waals surface area contributed by atoms with Crippen LogP contribution in [0.5, 0.6) is 5.88 Å². The van der Waals surface area contributed by atoms with Crippen molar-refractivity contribution in [1.29, 1.82) is 0 Å². The number of ether oxygens (including phenoxy) is 1. The van der Waals surface area contributed by atoms with Crippen LogP contribution in [0.25, 0.3) is 11.0 Å². The van der Waals surface area contributed by atoms with Crippen LogP contribution in [0, 0.1) is 0 Å². The molecule has 3 nitrogen and oxygen atoms in total. The molecule has 0 aliphatic carbocycles. The van der Waals surface area contributed by atoms with Crippen LogP contribution < -0.4 is 4.74 Å². The van der Waals surface area contributed by atoms with Gasteiger partial charge < -0.3 is 4.74 Å². The average Bonchev–Trinajstić information content (AvgIpc) is 2.17. The minimum absolute atomic E-state index is 0.185. The number of alkyl halides is 2. The van der Waals surface area contributed by atoms with Crippen molar-refractivity contribution in [3.8, 4) is 5.88 Å². The molecule has 0 N–H and O–H groups in total. The molecule has 0 unspecified atom stereocenters. The molecular formula is C9H5BrF2N2O. The molecule has 0 spiro atoms. The molecule has 1 heterocycles. The fraction of sp³-hybridized carbons (Fsp3) is 0.111. The van der Waals surface area contributed by atoms with E-state index in [2.05, 4.69) is 30.6 Å². The molecule has 6 heteroatoms. The van der Waals surface area contributed by atoms with Crippen molar-refractivity contribution in [3.63, 3.8) is 0 Å². The summed E-state index contributed by atoms with van der Waals surface area (Å²) in [6.45, 7) is -2.89. The highest BCUT2D eigenvalue weighted by atomic mass is 79.9. The molecule has 2 rings (SSSR count). The van der Waals surface area contributed by atoms with E-state index >= 15 is 0 Å². The number of fused-ring (bicyclic) bond motifs is 1. The maximum Gasteiger partial charge on any atom is 0.388 e. The molecule has 0 aliphatic rings. The van der Waals surface area contributed by atoms with Gasteiger partial charge in [0.15, 0.2) is 0 Å². The zero-order valence-corrected chi connectivity index (χ0v) is 8.91. The van der Waals surface area contributed by atoms with Crippen LogP contribution in [0.3, 0.4) is 0 Å². The largest absolute Gasteiger partial charge is 0.415 e. The number of aromatic nitrogens is 2. The van der Waals surface area contributed by atoms with Gasteiger partial charge in [-0.15, -0.1) is 0 Å². The highest BCUT2D eigenvalue weighted by molar-refractivity contribution is 9.10. The summed E-state index contributed by atoms with van der Waals surface area (Å²) < 4.78 is 28.7. The number of benzene rings is 1. The van der Waals surface area contributed by atoms with Gasteiger partial charge in [-0.25, -0.2) is 9.97 Å². The molecule has 15 heavy (non-hydrogen) atoms. The molecule has 78 valence electrons. The molecule has 0 amide bonds. The second-order valence-electron chi connectivity index (χ2n) is 2.69. The first kappa shape index (κ1) is 10.2. The Morgan fingerprint density at radius 2 is 2.13 bits per heavy atom. The van der Waals surface area contributed by atoms with Crippen LogP contribution in [0.1, 0.15) is 0 Å². The first-order chi connectivity index (χ1) is 7.16. The summed E-state index contributed by atoms with van der Waals surface area (Å²) in [6, 6.07) is 5.21. The van der Waals surface area contributed by atoms with Crippen molar-refractivity contribution in [2.75, 3.05) is 0 Å². The summed E-state index contributed by atoms with van der Waals surface area (Å²) in [6.07, 6.45) is 1.17. The predicted octanol–water partition coefficient (Wildman–Crippen LogP) is 2.99. The molecule has 0 saturated heterocycles. The molecule has 0 aliphatic heterocycles. The van der Waals surface area contributed by atoms with Crippen molar-refractivity contribution in [2.24, 2.45) is 0 Å². The summed E-state index contributed by atoms with van der Waals surface area (Å²) >= 11 is 3.28. The third-order valence-corrected chi connectivity index (χ3v) is 2.35. The Morgan fingerprint density at radius 3 is 2.87 bits per heavy atom. The highest BCUT2D eigenvalue weighted by Crippen LogP contribution is 2.22. The normalized spacial score (nSPS) is 10.9. The number of rotatable bonds is 2. The molecule has 2 aromatic rings. The minimum Gasteiger partial charge on any atom is -0.415 e. The summed E-state index contributed by atoms with van der Waals surface area (Å²) in [5.41, 5.74) is 1.11. The predicted molar refractivity (Wildman–Crippen MR) is 53.9 cm³/mol.